The minimum absolute atomic E-state index is 0.00402. The highest BCUT2D eigenvalue weighted by Gasteiger charge is 2.20. The molecule has 0 saturated carbocycles. The quantitative estimate of drug-likeness (QED) is 0.624. The Morgan fingerprint density at radius 1 is 1.33 bits per heavy atom. The van der Waals surface area contributed by atoms with E-state index >= 15 is 0 Å². The van der Waals surface area contributed by atoms with Crippen molar-refractivity contribution < 1.29 is 4.92 Å². The van der Waals surface area contributed by atoms with Crippen LogP contribution in [0.5, 0.6) is 0 Å². The molecular weight excluding hydrogens is 290 g/mol. The first kappa shape index (κ1) is 15.2. The molecule has 0 aromatic carbocycles. The van der Waals surface area contributed by atoms with Gasteiger partial charge in [-0.3, -0.25) is 10.1 Å². The zero-order chi connectivity index (χ0) is 15.6. The number of nitro groups is 1. The van der Waals surface area contributed by atoms with Gasteiger partial charge in [0.25, 0.3) is 0 Å². The molecule has 21 heavy (non-hydrogen) atoms. The number of nitrogens with zero attached hydrogens (tertiary/aromatic N) is 5. The summed E-state index contributed by atoms with van der Waals surface area (Å²) in [6, 6.07) is 3.14. The Morgan fingerprint density at radius 2 is 2.05 bits per heavy atom. The number of anilines is 2. The Labute approximate surface area is 127 Å². The first-order chi connectivity index (χ1) is 9.88. The van der Waals surface area contributed by atoms with Crippen molar-refractivity contribution in [2.24, 2.45) is 0 Å². The minimum atomic E-state index is -0.407. The summed E-state index contributed by atoms with van der Waals surface area (Å²) in [7, 11) is 5.50. The van der Waals surface area contributed by atoms with E-state index in [-0.39, 0.29) is 5.69 Å². The molecule has 0 N–H and O–H groups in total. The minimum Gasteiger partial charge on any atom is -0.363 e. The van der Waals surface area contributed by atoms with Gasteiger partial charge in [-0.15, -0.1) is 11.3 Å². The average Bonchev–Trinajstić information content (AvgIpc) is 2.83. The van der Waals surface area contributed by atoms with E-state index in [4.69, 9.17) is 0 Å². The SMILES string of the molecule is Cc1ncc(CN(C)c2nc(N(C)C)ccc2[N+](=O)[O-])s1. The molecule has 0 unspecified atom stereocenters. The zero-order valence-electron chi connectivity index (χ0n) is 12.4. The lowest BCUT2D eigenvalue weighted by atomic mass is 10.3. The predicted octanol–water partition coefficient (Wildman–Crippen LogP) is 2.46. The Balaban J connectivity index is 2.34. The van der Waals surface area contributed by atoms with Crippen LogP contribution in [0.2, 0.25) is 0 Å². The lowest BCUT2D eigenvalue weighted by Crippen LogP contribution is -2.20. The van der Waals surface area contributed by atoms with E-state index in [1.807, 2.05) is 25.9 Å². The summed E-state index contributed by atoms with van der Waals surface area (Å²) >= 11 is 1.57. The van der Waals surface area contributed by atoms with Crippen molar-refractivity contribution in [1.29, 1.82) is 0 Å². The van der Waals surface area contributed by atoms with Crippen LogP contribution in [-0.4, -0.2) is 36.0 Å². The molecule has 0 atom stereocenters. The van der Waals surface area contributed by atoms with Crippen molar-refractivity contribution in [3.63, 3.8) is 0 Å². The molecule has 112 valence electrons. The van der Waals surface area contributed by atoms with E-state index < -0.39 is 4.92 Å². The summed E-state index contributed by atoms with van der Waals surface area (Å²) in [6.07, 6.45) is 1.79. The Bertz CT molecular complexity index is 656. The largest absolute Gasteiger partial charge is 0.363 e. The van der Waals surface area contributed by atoms with Gasteiger partial charge in [0, 0.05) is 38.3 Å². The summed E-state index contributed by atoms with van der Waals surface area (Å²) < 4.78 is 0. The van der Waals surface area contributed by atoms with Gasteiger partial charge in [-0.2, -0.15) is 0 Å². The molecule has 0 fully saturated rings. The third-order valence-electron chi connectivity index (χ3n) is 2.92. The molecule has 0 radical (unpaired) electrons. The van der Waals surface area contributed by atoms with Crippen molar-refractivity contribution in [3.8, 4) is 0 Å². The molecule has 0 spiro atoms. The van der Waals surface area contributed by atoms with Crippen LogP contribution in [0.3, 0.4) is 0 Å². The maximum absolute atomic E-state index is 11.2. The van der Waals surface area contributed by atoms with E-state index in [1.165, 1.54) is 6.07 Å². The van der Waals surface area contributed by atoms with Gasteiger partial charge >= 0.3 is 5.69 Å². The number of rotatable bonds is 5. The molecule has 0 aliphatic rings. The molecule has 0 saturated heterocycles. The van der Waals surface area contributed by atoms with Crippen molar-refractivity contribution in [3.05, 3.63) is 38.3 Å². The van der Waals surface area contributed by atoms with E-state index in [0.29, 0.717) is 18.2 Å². The smallest absolute Gasteiger partial charge is 0.311 e. The monoisotopic (exact) mass is 307 g/mol. The summed E-state index contributed by atoms with van der Waals surface area (Å²) in [6.45, 7) is 2.47. The summed E-state index contributed by atoms with van der Waals surface area (Å²) in [5.41, 5.74) is 0.00402. The third-order valence-corrected chi connectivity index (χ3v) is 3.82. The van der Waals surface area contributed by atoms with Gasteiger partial charge in [0.05, 0.1) is 16.5 Å². The summed E-state index contributed by atoms with van der Waals surface area (Å²) in [5.74, 6) is 1.04. The number of aromatic nitrogens is 2. The fourth-order valence-corrected chi connectivity index (χ4v) is 2.74. The summed E-state index contributed by atoms with van der Waals surface area (Å²) in [4.78, 5) is 24.0. The molecule has 2 aromatic heterocycles. The zero-order valence-corrected chi connectivity index (χ0v) is 13.2. The first-order valence-electron chi connectivity index (χ1n) is 6.33. The van der Waals surface area contributed by atoms with E-state index in [9.17, 15) is 10.1 Å². The van der Waals surface area contributed by atoms with Crippen LogP contribution in [0.4, 0.5) is 17.3 Å². The van der Waals surface area contributed by atoms with Crippen molar-refractivity contribution in [1.82, 2.24) is 9.97 Å². The van der Waals surface area contributed by atoms with Gasteiger partial charge in [-0.05, 0) is 13.0 Å². The molecule has 8 heteroatoms. The Morgan fingerprint density at radius 3 is 2.57 bits per heavy atom. The number of hydrogen-bond donors (Lipinski definition) is 0. The maximum atomic E-state index is 11.2. The highest BCUT2D eigenvalue weighted by molar-refractivity contribution is 7.11. The van der Waals surface area contributed by atoms with Crippen molar-refractivity contribution >= 4 is 28.7 Å². The van der Waals surface area contributed by atoms with Crippen LogP contribution in [0.25, 0.3) is 0 Å². The fourth-order valence-electron chi connectivity index (χ4n) is 1.89. The fraction of sp³-hybridized carbons (Fsp3) is 0.385. The van der Waals surface area contributed by atoms with Crippen molar-refractivity contribution in [2.75, 3.05) is 30.9 Å². The van der Waals surface area contributed by atoms with E-state index in [2.05, 4.69) is 9.97 Å². The standard InChI is InChI=1S/C13H17N5O2S/c1-9-14-7-10(21-9)8-17(4)13-11(18(19)20)5-6-12(15-13)16(2)3/h5-7H,8H2,1-4H3. The molecule has 0 aliphatic heterocycles. The Kier molecular flexibility index (Phi) is 4.37. The molecular formula is C13H17N5O2S. The van der Waals surface area contributed by atoms with Crippen molar-refractivity contribution in [2.45, 2.75) is 13.5 Å². The van der Waals surface area contributed by atoms with Crippen LogP contribution < -0.4 is 9.80 Å². The lowest BCUT2D eigenvalue weighted by Gasteiger charge is -2.19. The van der Waals surface area contributed by atoms with Crippen LogP contribution in [0.1, 0.15) is 9.88 Å². The summed E-state index contributed by atoms with van der Waals surface area (Å²) in [5, 5.41) is 12.2. The number of aryl methyl sites for hydroxylation is 1. The second-order valence-corrected chi connectivity index (χ2v) is 6.18. The first-order valence-corrected chi connectivity index (χ1v) is 7.15. The average molecular weight is 307 g/mol. The maximum Gasteiger partial charge on any atom is 0.311 e. The molecule has 0 bridgehead atoms. The van der Waals surface area contributed by atoms with Gasteiger partial charge < -0.3 is 9.80 Å². The van der Waals surface area contributed by atoms with Gasteiger partial charge in [0.2, 0.25) is 5.82 Å². The topological polar surface area (TPSA) is 75.4 Å². The molecule has 2 heterocycles. The van der Waals surface area contributed by atoms with E-state index in [1.54, 1.807) is 35.5 Å². The highest BCUT2D eigenvalue weighted by atomic mass is 32.1. The van der Waals surface area contributed by atoms with Gasteiger partial charge in [0.1, 0.15) is 5.82 Å². The number of hydrogen-bond acceptors (Lipinski definition) is 7. The lowest BCUT2D eigenvalue weighted by molar-refractivity contribution is -0.384. The van der Waals surface area contributed by atoms with Gasteiger partial charge in [-0.1, -0.05) is 0 Å². The van der Waals surface area contributed by atoms with Gasteiger partial charge in [0.15, 0.2) is 0 Å². The molecule has 2 rings (SSSR count). The molecule has 2 aromatic rings. The van der Waals surface area contributed by atoms with Gasteiger partial charge in [-0.25, -0.2) is 9.97 Å². The predicted molar refractivity (Wildman–Crippen MR) is 84.2 cm³/mol. The van der Waals surface area contributed by atoms with Crippen LogP contribution >= 0.6 is 11.3 Å². The second kappa shape index (κ2) is 6.04. The Hall–Kier alpha value is -2.22. The number of pyridine rings is 1. The van der Waals surface area contributed by atoms with E-state index in [0.717, 1.165) is 9.88 Å². The molecule has 7 nitrogen and oxygen atoms in total. The number of thiazole rings is 1. The third kappa shape index (κ3) is 3.46. The van der Waals surface area contributed by atoms with Crippen LogP contribution in [-0.2, 0) is 6.54 Å². The molecule has 0 aliphatic carbocycles. The molecule has 0 amide bonds. The van der Waals surface area contributed by atoms with Crippen LogP contribution in [0.15, 0.2) is 18.3 Å². The second-order valence-electron chi connectivity index (χ2n) is 4.87. The highest BCUT2D eigenvalue weighted by Crippen LogP contribution is 2.29. The normalized spacial score (nSPS) is 10.5. The van der Waals surface area contributed by atoms with Crippen LogP contribution in [0, 0.1) is 17.0 Å².